The van der Waals surface area contributed by atoms with Gasteiger partial charge in [-0.15, -0.1) is 0 Å². The van der Waals surface area contributed by atoms with Crippen LogP contribution < -0.4 is 27.4 Å². The van der Waals surface area contributed by atoms with E-state index >= 15 is 0 Å². The van der Waals surface area contributed by atoms with Crippen molar-refractivity contribution < 1.29 is 9.59 Å². The van der Waals surface area contributed by atoms with Crippen LogP contribution in [0.4, 0.5) is 11.4 Å². The molecule has 0 saturated heterocycles. The van der Waals surface area contributed by atoms with Gasteiger partial charge in [-0.05, 0) is 30.7 Å². The summed E-state index contributed by atoms with van der Waals surface area (Å²) in [6.07, 6.45) is 1.00. The molecule has 0 aliphatic rings. The van der Waals surface area contributed by atoms with Crippen molar-refractivity contribution in [3.63, 3.8) is 0 Å². The van der Waals surface area contributed by atoms with Crippen LogP contribution in [0.5, 0.6) is 0 Å². The summed E-state index contributed by atoms with van der Waals surface area (Å²) >= 11 is 0. The molecule has 0 spiro atoms. The van der Waals surface area contributed by atoms with Gasteiger partial charge in [0.05, 0.1) is 16.9 Å². The Labute approximate surface area is 158 Å². The van der Waals surface area contributed by atoms with Gasteiger partial charge in [0.2, 0.25) is 0 Å². The number of H-pyrrole nitrogens is 2. The van der Waals surface area contributed by atoms with Gasteiger partial charge in [0.1, 0.15) is 5.56 Å². The first-order valence-corrected chi connectivity index (χ1v) is 8.25. The fourth-order valence-electron chi connectivity index (χ4n) is 2.62. The molecule has 3 aromatic rings. The zero-order valence-corrected chi connectivity index (χ0v) is 14.9. The van der Waals surface area contributed by atoms with Crippen LogP contribution in [0, 0.1) is 6.92 Å². The molecule has 9 heteroatoms. The molecule has 1 aromatic heterocycles. The highest BCUT2D eigenvalue weighted by molar-refractivity contribution is 6.13. The lowest BCUT2D eigenvalue weighted by atomic mass is 10.1. The quantitative estimate of drug-likeness (QED) is 0.306. The van der Waals surface area contributed by atoms with Crippen molar-refractivity contribution in [2.24, 2.45) is 5.84 Å². The van der Waals surface area contributed by atoms with Crippen LogP contribution in [0.2, 0.25) is 0 Å². The number of nitrogens with one attached hydrogen (secondary N) is 3. The molecule has 9 nitrogen and oxygen atoms in total. The second-order valence-electron chi connectivity index (χ2n) is 5.95. The molecule has 2 aromatic carbocycles. The van der Waals surface area contributed by atoms with E-state index in [4.69, 9.17) is 5.84 Å². The van der Waals surface area contributed by atoms with Crippen molar-refractivity contribution in [2.75, 3.05) is 10.3 Å². The number of hydrazine groups is 1. The smallest absolute Gasteiger partial charge is 0.321 e. The average molecular weight is 379 g/mol. The maximum atomic E-state index is 12.9. The number of aromatic nitrogens is 2. The normalized spacial score (nSPS) is 10.4. The molecule has 0 fully saturated rings. The van der Waals surface area contributed by atoms with Crippen LogP contribution >= 0.6 is 0 Å². The van der Waals surface area contributed by atoms with Gasteiger partial charge in [0, 0.05) is 6.20 Å². The van der Waals surface area contributed by atoms with Crippen LogP contribution in [0.25, 0.3) is 0 Å². The van der Waals surface area contributed by atoms with Gasteiger partial charge in [-0.3, -0.25) is 19.4 Å². The molecule has 0 aliphatic carbocycles. The molecular formula is C19H17N5O4. The minimum Gasteiger partial charge on any atom is -0.321 e. The standard InChI is InChI=1S/C19H17N5O4/c1-11-6-2-5-9-15(11)24(20)18(27)12-7-3-4-8-14(12)22-16(25)13-10-21-19(28)23-17(13)26/h2-10H,20H2,1H3,(H,22,25)(H2,21,23,26,28). The van der Waals surface area contributed by atoms with E-state index in [9.17, 15) is 19.2 Å². The Bertz CT molecular complexity index is 1160. The fourth-order valence-corrected chi connectivity index (χ4v) is 2.62. The number of rotatable bonds is 4. The Morgan fingerprint density at radius 3 is 2.39 bits per heavy atom. The number of anilines is 2. The van der Waals surface area contributed by atoms with Crippen molar-refractivity contribution in [3.05, 3.63) is 92.3 Å². The summed E-state index contributed by atoms with van der Waals surface area (Å²) in [7, 11) is 0. The van der Waals surface area contributed by atoms with Crippen molar-refractivity contribution in [1.82, 2.24) is 9.97 Å². The third-order valence-electron chi connectivity index (χ3n) is 4.06. The Morgan fingerprint density at radius 2 is 1.68 bits per heavy atom. The molecular weight excluding hydrogens is 362 g/mol. The number of hydrogen-bond acceptors (Lipinski definition) is 5. The second kappa shape index (κ2) is 7.72. The number of hydrogen-bond donors (Lipinski definition) is 4. The Morgan fingerprint density at radius 1 is 1.00 bits per heavy atom. The molecule has 0 bridgehead atoms. The molecule has 2 amide bonds. The molecule has 142 valence electrons. The lowest BCUT2D eigenvalue weighted by Gasteiger charge is -2.20. The molecule has 0 atom stereocenters. The van der Waals surface area contributed by atoms with Crippen molar-refractivity contribution in [3.8, 4) is 0 Å². The largest absolute Gasteiger partial charge is 0.325 e. The number of para-hydroxylation sites is 2. The van der Waals surface area contributed by atoms with Gasteiger partial charge in [0.25, 0.3) is 17.4 Å². The van der Waals surface area contributed by atoms with Gasteiger partial charge >= 0.3 is 5.69 Å². The first-order valence-electron chi connectivity index (χ1n) is 8.25. The molecule has 28 heavy (non-hydrogen) atoms. The first-order chi connectivity index (χ1) is 13.4. The molecule has 0 radical (unpaired) electrons. The Kier molecular flexibility index (Phi) is 5.18. The lowest BCUT2D eigenvalue weighted by molar-refractivity contribution is 0.0987. The van der Waals surface area contributed by atoms with Gasteiger partial charge in [0.15, 0.2) is 0 Å². The zero-order chi connectivity index (χ0) is 20.3. The molecule has 0 aliphatic heterocycles. The summed E-state index contributed by atoms with van der Waals surface area (Å²) < 4.78 is 0. The number of benzene rings is 2. The number of carbonyl (C=O) groups is 2. The zero-order valence-electron chi connectivity index (χ0n) is 14.9. The van der Waals surface area contributed by atoms with Crippen molar-refractivity contribution >= 4 is 23.2 Å². The summed E-state index contributed by atoms with van der Waals surface area (Å²) in [5, 5.41) is 3.50. The van der Waals surface area contributed by atoms with E-state index in [1.54, 1.807) is 24.3 Å². The highest BCUT2D eigenvalue weighted by Crippen LogP contribution is 2.22. The minimum absolute atomic E-state index is 0.141. The molecule has 1 heterocycles. The van der Waals surface area contributed by atoms with E-state index in [1.165, 1.54) is 12.1 Å². The van der Waals surface area contributed by atoms with E-state index in [0.717, 1.165) is 16.8 Å². The number of aromatic amines is 2. The summed E-state index contributed by atoms with van der Waals surface area (Å²) in [6.45, 7) is 1.82. The summed E-state index contributed by atoms with van der Waals surface area (Å²) in [6, 6.07) is 13.4. The monoisotopic (exact) mass is 379 g/mol. The Balaban J connectivity index is 1.92. The fraction of sp³-hybridized carbons (Fsp3) is 0.0526. The number of amides is 2. The second-order valence-corrected chi connectivity index (χ2v) is 5.95. The van der Waals surface area contributed by atoms with E-state index in [2.05, 4.69) is 10.3 Å². The van der Waals surface area contributed by atoms with E-state index < -0.39 is 23.1 Å². The topological polar surface area (TPSA) is 141 Å². The number of carbonyl (C=O) groups excluding carboxylic acids is 2. The number of nitrogens with zero attached hydrogens (tertiary/aromatic N) is 1. The van der Waals surface area contributed by atoms with E-state index in [1.807, 2.05) is 24.0 Å². The van der Waals surface area contributed by atoms with E-state index in [-0.39, 0.29) is 16.8 Å². The highest BCUT2D eigenvalue weighted by atomic mass is 16.2. The van der Waals surface area contributed by atoms with Crippen LogP contribution in [-0.4, -0.2) is 21.8 Å². The number of nitrogens with two attached hydrogens (primary N) is 1. The maximum absolute atomic E-state index is 12.9. The van der Waals surface area contributed by atoms with Crippen molar-refractivity contribution in [1.29, 1.82) is 0 Å². The maximum Gasteiger partial charge on any atom is 0.325 e. The summed E-state index contributed by atoms with van der Waals surface area (Å²) in [4.78, 5) is 52.4. The van der Waals surface area contributed by atoms with Gasteiger partial charge in [-0.25, -0.2) is 15.6 Å². The molecule has 0 saturated carbocycles. The van der Waals surface area contributed by atoms with Gasteiger partial charge < -0.3 is 10.3 Å². The third-order valence-corrected chi connectivity index (χ3v) is 4.06. The van der Waals surface area contributed by atoms with Crippen LogP contribution in [0.1, 0.15) is 26.3 Å². The molecule has 3 rings (SSSR count). The van der Waals surface area contributed by atoms with E-state index in [0.29, 0.717) is 5.69 Å². The molecule has 5 N–H and O–H groups in total. The third kappa shape index (κ3) is 3.74. The summed E-state index contributed by atoms with van der Waals surface area (Å²) in [5.41, 5.74) is -0.232. The summed E-state index contributed by atoms with van der Waals surface area (Å²) in [5.74, 6) is 4.68. The lowest BCUT2D eigenvalue weighted by Crippen LogP contribution is -2.38. The van der Waals surface area contributed by atoms with Crippen LogP contribution in [0.3, 0.4) is 0 Å². The Hall–Kier alpha value is -3.98. The minimum atomic E-state index is -0.842. The SMILES string of the molecule is Cc1ccccc1N(N)C(=O)c1ccccc1NC(=O)c1c[nH]c(=O)[nH]c1=O. The first kappa shape index (κ1) is 18.8. The van der Waals surface area contributed by atoms with Crippen LogP contribution in [0.15, 0.2) is 64.3 Å². The van der Waals surface area contributed by atoms with Gasteiger partial charge in [-0.2, -0.15) is 0 Å². The number of aryl methyl sites for hydroxylation is 1. The molecule has 0 unspecified atom stereocenters. The highest BCUT2D eigenvalue weighted by Gasteiger charge is 2.21. The van der Waals surface area contributed by atoms with Crippen molar-refractivity contribution in [2.45, 2.75) is 6.92 Å². The predicted octanol–water partition coefficient (Wildman–Crippen LogP) is 1.14. The van der Waals surface area contributed by atoms with Gasteiger partial charge in [-0.1, -0.05) is 30.3 Å². The van der Waals surface area contributed by atoms with Crippen LogP contribution in [-0.2, 0) is 0 Å². The average Bonchev–Trinajstić information content (AvgIpc) is 2.67. The predicted molar refractivity (Wildman–Crippen MR) is 104 cm³/mol.